The van der Waals surface area contributed by atoms with Gasteiger partial charge in [0.2, 0.25) is 0 Å². The Bertz CT molecular complexity index is 579. The minimum absolute atomic E-state index is 0.0278. The highest BCUT2D eigenvalue weighted by molar-refractivity contribution is 7.90. The van der Waals surface area contributed by atoms with Crippen LogP contribution in [-0.4, -0.2) is 49.1 Å². The first-order valence-corrected chi connectivity index (χ1v) is 8.56. The van der Waals surface area contributed by atoms with E-state index in [1.807, 2.05) is 37.3 Å². The number of aliphatic hydroxyl groups is 1. The summed E-state index contributed by atoms with van der Waals surface area (Å²) in [7, 11) is -5.43. The summed E-state index contributed by atoms with van der Waals surface area (Å²) in [4.78, 5) is 0. The third kappa shape index (κ3) is 5.45. The van der Waals surface area contributed by atoms with Crippen LogP contribution in [0.5, 0.6) is 0 Å². The van der Waals surface area contributed by atoms with Crippen LogP contribution in [0.1, 0.15) is 25.5 Å². The number of benzene rings is 1. The number of sulfonamides is 1. The minimum atomic E-state index is -5.43. The number of likely N-dealkylation sites (N-methyl/N-ethyl adjacent to an activating group) is 1. The predicted octanol–water partition coefficient (Wildman–Crippen LogP) is 1.87. The monoisotopic (exact) mass is 354 g/mol. The number of aliphatic hydroxyl groups excluding tert-OH is 1. The van der Waals surface area contributed by atoms with E-state index in [0.717, 1.165) is 5.56 Å². The standard InChI is InChI=1S/C14H21F3N2O3S/c1-3-19(23(21,22)14(15,16)17)10-13(20)9-18-11(2)12-7-5-4-6-8-12/h4-8,11,13,18,20H,3,9-10H2,1-2H3. The van der Waals surface area contributed by atoms with Crippen molar-refractivity contribution in [3.8, 4) is 0 Å². The van der Waals surface area contributed by atoms with Gasteiger partial charge in [-0.3, -0.25) is 0 Å². The summed E-state index contributed by atoms with van der Waals surface area (Å²) in [6.45, 7) is 2.11. The number of halogens is 3. The molecule has 2 atom stereocenters. The van der Waals surface area contributed by atoms with Crippen LogP contribution in [0.2, 0.25) is 0 Å². The molecule has 1 aromatic rings. The fourth-order valence-electron chi connectivity index (χ4n) is 2.02. The van der Waals surface area contributed by atoms with Crippen LogP contribution in [0.4, 0.5) is 13.2 Å². The molecular weight excluding hydrogens is 333 g/mol. The van der Waals surface area contributed by atoms with Crippen LogP contribution in [0, 0.1) is 0 Å². The van der Waals surface area contributed by atoms with Gasteiger partial charge in [-0.25, -0.2) is 8.42 Å². The van der Waals surface area contributed by atoms with Crippen molar-refractivity contribution in [2.45, 2.75) is 31.5 Å². The lowest BCUT2D eigenvalue weighted by Gasteiger charge is -2.25. The summed E-state index contributed by atoms with van der Waals surface area (Å²) in [5.74, 6) is 0. The average molecular weight is 354 g/mol. The maximum Gasteiger partial charge on any atom is 0.511 e. The average Bonchev–Trinajstić information content (AvgIpc) is 2.49. The molecule has 1 rings (SSSR count). The molecule has 0 aliphatic heterocycles. The molecule has 0 heterocycles. The SMILES string of the molecule is CCN(CC(O)CNC(C)c1ccccc1)S(=O)(=O)C(F)(F)F. The van der Waals surface area contributed by atoms with Gasteiger partial charge in [0.05, 0.1) is 6.10 Å². The Hall–Kier alpha value is -1.16. The quantitative estimate of drug-likeness (QED) is 0.748. The predicted molar refractivity (Wildman–Crippen MR) is 81.1 cm³/mol. The maximum atomic E-state index is 12.5. The molecule has 0 amide bonds. The fraction of sp³-hybridized carbons (Fsp3) is 0.571. The Morgan fingerprint density at radius 3 is 2.30 bits per heavy atom. The second-order valence-electron chi connectivity index (χ2n) is 5.10. The summed E-state index contributed by atoms with van der Waals surface area (Å²) in [6, 6.07) is 9.16. The van der Waals surface area contributed by atoms with Crippen LogP contribution in [0.15, 0.2) is 30.3 Å². The minimum Gasteiger partial charge on any atom is -0.390 e. The van der Waals surface area contributed by atoms with E-state index in [4.69, 9.17) is 0 Å². The lowest BCUT2D eigenvalue weighted by Crippen LogP contribution is -2.46. The molecule has 0 aliphatic rings. The van der Waals surface area contributed by atoms with Crippen molar-refractivity contribution in [1.82, 2.24) is 9.62 Å². The zero-order valence-corrected chi connectivity index (χ0v) is 13.7. The first kappa shape index (κ1) is 19.9. The Kier molecular flexibility index (Phi) is 7.00. The number of nitrogens with zero attached hydrogens (tertiary/aromatic N) is 1. The molecule has 0 spiro atoms. The molecule has 5 nitrogen and oxygen atoms in total. The lowest BCUT2D eigenvalue weighted by atomic mass is 10.1. The van der Waals surface area contributed by atoms with Crippen molar-refractivity contribution in [2.24, 2.45) is 0 Å². The van der Waals surface area contributed by atoms with E-state index in [2.05, 4.69) is 5.32 Å². The Balaban J connectivity index is 2.60. The molecule has 23 heavy (non-hydrogen) atoms. The summed E-state index contributed by atoms with van der Waals surface area (Å²) in [5, 5.41) is 12.8. The van der Waals surface area contributed by atoms with Gasteiger partial charge in [0.1, 0.15) is 0 Å². The zero-order chi connectivity index (χ0) is 17.7. The molecule has 132 valence electrons. The van der Waals surface area contributed by atoms with Gasteiger partial charge < -0.3 is 10.4 Å². The normalized spacial score (nSPS) is 15.6. The van der Waals surface area contributed by atoms with Crippen molar-refractivity contribution in [2.75, 3.05) is 19.6 Å². The summed E-state index contributed by atoms with van der Waals surface area (Å²) in [5.41, 5.74) is -4.41. The Labute approximate surface area is 134 Å². The number of alkyl halides is 3. The third-order valence-electron chi connectivity index (χ3n) is 3.36. The smallest absolute Gasteiger partial charge is 0.390 e. The highest BCUT2D eigenvalue weighted by Gasteiger charge is 2.49. The van der Waals surface area contributed by atoms with Gasteiger partial charge in [-0.1, -0.05) is 37.3 Å². The van der Waals surface area contributed by atoms with E-state index >= 15 is 0 Å². The first-order chi connectivity index (χ1) is 10.6. The van der Waals surface area contributed by atoms with E-state index in [-0.39, 0.29) is 23.4 Å². The number of hydrogen-bond acceptors (Lipinski definition) is 4. The molecule has 0 aromatic heterocycles. The van der Waals surface area contributed by atoms with Crippen molar-refractivity contribution < 1.29 is 26.7 Å². The van der Waals surface area contributed by atoms with Gasteiger partial charge in [-0.15, -0.1) is 0 Å². The molecule has 0 aliphatic carbocycles. The molecule has 0 saturated carbocycles. The number of rotatable bonds is 8. The summed E-state index contributed by atoms with van der Waals surface area (Å²) >= 11 is 0. The van der Waals surface area contributed by atoms with Gasteiger partial charge >= 0.3 is 15.5 Å². The number of hydrogen-bond donors (Lipinski definition) is 2. The molecule has 2 N–H and O–H groups in total. The van der Waals surface area contributed by atoms with E-state index in [9.17, 15) is 26.7 Å². The largest absolute Gasteiger partial charge is 0.511 e. The molecule has 1 aromatic carbocycles. The second-order valence-corrected chi connectivity index (χ2v) is 7.03. The molecule has 0 bridgehead atoms. The third-order valence-corrected chi connectivity index (χ3v) is 5.03. The van der Waals surface area contributed by atoms with Gasteiger partial charge in [0, 0.05) is 25.7 Å². The van der Waals surface area contributed by atoms with E-state index < -0.39 is 28.2 Å². The van der Waals surface area contributed by atoms with Crippen LogP contribution >= 0.6 is 0 Å². The molecule has 0 radical (unpaired) electrons. The van der Waals surface area contributed by atoms with Gasteiger partial charge in [0.15, 0.2) is 0 Å². The van der Waals surface area contributed by atoms with Crippen molar-refractivity contribution in [3.63, 3.8) is 0 Å². The highest BCUT2D eigenvalue weighted by atomic mass is 32.2. The van der Waals surface area contributed by atoms with Crippen molar-refractivity contribution in [3.05, 3.63) is 35.9 Å². The molecular formula is C14H21F3N2O3S. The van der Waals surface area contributed by atoms with Crippen LogP contribution in [0.3, 0.4) is 0 Å². The zero-order valence-electron chi connectivity index (χ0n) is 12.9. The van der Waals surface area contributed by atoms with Gasteiger partial charge in [-0.05, 0) is 12.5 Å². The van der Waals surface area contributed by atoms with Crippen LogP contribution in [-0.2, 0) is 10.0 Å². The summed E-state index contributed by atoms with van der Waals surface area (Å²) in [6.07, 6.45) is -1.25. The van der Waals surface area contributed by atoms with Crippen LogP contribution < -0.4 is 5.32 Å². The maximum absolute atomic E-state index is 12.5. The Morgan fingerprint density at radius 2 is 1.83 bits per heavy atom. The number of nitrogens with one attached hydrogen (secondary N) is 1. The first-order valence-electron chi connectivity index (χ1n) is 7.12. The van der Waals surface area contributed by atoms with Gasteiger partial charge in [-0.2, -0.15) is 17.5 Å². The molecule has 9 heteroatoms. The van der Waals surface area contributed by atoms with Crippen LogP contribution in [0.25, 0.3) is 0 Å². The second kappa shape index (κ2) is 8.09. The molecule has 0 fully saturated rings. The lowest BCUT2D eigenvalue weighted by molar-refractivity contribution is -0.0496. The Morgan fingerprint density at radius 1 is 1.26 bits per heavy atom. The van der Waals surface area contributed by atoms with E-state index in [1.165, 1.54) is 6.92 Å². The molecule has 2 unspecified atom stereocenters. The van der Waals surface area contributed by atoms with Crippen molar-refractivity contribution >= 4 is 10.0 Å². The summed E-state index contributed by atoms with van der Waals surface area (Å²) < 4.78 is 60.5. The van der Waals surface area contributed by atoms with E-state index in [1.54, 1.807) is 0 Å². The van der Waals surface area contributed by atoms with Gasteiger partial charge in [0.25, 0.3) is 0 Å². The van der Waals surface area contributed by atoms with E-state index in [0.29, 0.717) is 0 Å². The highest BCUT2D eigenvalue weighted by Crippen LogP contribution is 2.26. The van der Waals surface area contributed by atoms with Crippen molar-refractivity contribution in [1.29, 1.82) is 0 Å². The molecule has 0 saturated heterocycles. The topological polar surface area (TPSA) is 69.6 Å². The fourth-order valence-corrected chi connectivity index (χ4v) is 3.02.